The lowest BCUT2D eigenvalue weighted by molar-refractivity contribution is 0.202. The number of piperidine rings is 2. The van der Waals surface area contributed by atoms with Crippen LogP contribution in [-0.4, -0.2) is 62.3 Å². The zero-order chi connectivity index (χ0) is 31.7. The minimum atomic E-state index is 0.726. The maximum absolute atomic E-state index is 6.37. The van der Waals surface area contributed by atoms with Gasteiger partial charge in [0.15, 0.2) is 0 Å². The monoisotopic (exact) mass is 646 g/mol. The first kappa shape index (κ1) is 32.2. The molecule has 3 heterocycles. The summed E-state index contributed by atoms with van der Waals surface area (Å²) >= 11 is 1.83. The fourth-order valence-corrected chi connectivity index (χ4v) is 8.78. The summed E-state index contributed by atoms with van der Waals surface area (Å²) in [5.74, 6) is 3.44. The number of nitrogens with zero attached hydrogens (tertiary/aromatic N) is 2. The first-order chi connectivity index (χ1) is 23.3. The lowest BCUT2D eigenvalue weighted by Gasteiger charge is -2.32. The summed E-state index contributed by atoms with van der Waals surface area (Å²) in [5, 5.41) is 2.54. The van der Waals surface area contributed by atoms with Gasteiger partial charge in [-0.2, -0.15) is 0 Å². The molecule has 0 aliphatic carbocycles. The van der Waals surface area contributed by atoms with Crippen LogP contribution in [0.2, 0.25) is 0 Å². The van der Waals surface area contributed by atoms with Crippen molar-refractivity contribution in [1.29, 1.82) is 0 Å². The van der Waals surface area contributed by atoms with Gasteiger partial charge < -0.3 is 19.3 Å². The molecule has 0 saturated carbocycles. The summed E-state index contributed by atoms with van der Waals surface area (Å²) in [6, 6.07) is 35.2. The predicted octanol–water partition coefficient (Wildman–Crippen LogP) is 10.1. The van der Waals surface area contributed by atoms with Crippen LogP contribution in [0.4, 0.5) is 0 Å². The molecule has 0 amide bonds. The molecule has 0 atom stereocenters. The first-order valence-electron chi connectivity index (χ1n) is 18.1. The van der Waals surface area contributed by atoms with E-state index in [1.165, 1.54) is 109 Å². The summed E-state index contributed by atoms with van der Waals surface area (Å²) in [4.78, 5) is 5.28. The smallest absolute Gasteiger partial charge is 0.137 e. The zero-order valence-electron chi connectivity index (χ0n) is 27.8. The van der Waals surface area contributed by atoms with E-state index in [0.29, 0.717) is 0 Å². The predicted molar refractivity (Wildman–Crippen MR) is 199 cm³/mol. The number of fused-ring (bicyclic) bond motifs is 3. The highest BCUT2D eigenvalue weighted by Crippen LogP contribution is 2.40. The normalized spacial score (nSPS) is 17.0. The maximum atomic E-state index is 6.37. The molecule has 5 heteroatoms. The standard InChI is InChI=1S/C42H50N2O2S/c1-3-12-33(13-4-1)35-20-26-43(27-21-35)24-7-9-30-45-37-18-19-41-39(32-37)38-16-11-17-40(42(38)47-41)46-31-10-8-25-44-28-22-36(23-29-44)34-14-5-2-6-15-34/h1-6,11-19,32,35-36H,7-10,20-31H2. The number of unbranched alkanes of at least 4 members (excludes halogenated alkanes) is 2. The highest BCUT2D eigenvalue weighted by molar-refractivity contribution is 7.26. The molecule has 0 bridgehead atoms. The van der Waals surface area contributed by atoms with Crippen molar-refractivity contribution in [3.05, 3.63) is 108 Å². The Kier molecular flexibility index (Phi) is 11.1. The van der Waals surface area contributed by atoms with E-state index in [0.717, 1.165) is 49.4 Å². The van der Waals surface area contributed by atoms with Crippen LogP contribution in [0.5, 0.6) is 11.5 Å². The second kappa shape index (κ2) is 16.1. The van der Waals surface area contributed by atoms with Crippen LogP contribution >= 0.6 is 11.3 Å². The average Bonchev–Trinajstić information content (AvgIpc) is 3.51. The molecule has 0 radical (unpaired) electrons. The van der Waals surface area contributed by atoms with Gasteiger partial charge in [-0.05, 0) is 138 Å². The quantitative estimate of drug-likeness (QED) is 0.112. The van der Waals surface area contributed by atoms with Crippen molar-refractivity contribution in [3.8, 4) is 11.5 Å². The van der Waals surface area contributed by atoms with Gasteiger partial charge in [0.05, 0.1) is 17.9 Å². The van der Waals surface area contributed by atoms with Crippen LogP contribution in [0, 0.1) is 0 Å². The Morgan fingerprint density at radius 1 is 0.553 bits per heavy atom. The van der Waals surface area contributed by atoms with Crippen molar-refractivity contribution >= 4 is 31.5 Å². The summed E-state index contributed by atoms with van der Waals surface area (Å²) in [6.45, 7) is 8.73. The molecular formula is C42H50N2O2S. The molecule has 246 valence electrons. The SMILES string of the molecule is c1ccc(C2CCN(CCCCOc3ccc4sc5c(OCCCCN6CCC(c7ccccc7)CC6)cccc5c4c3)CC2)cc1. The minimum absolute atomic E-state index is 0.726. The van der Waals surface area contributed by atoms with Crippen LogP contribution in [0.25, 0.3) is 20.2 Å². The third-order valence-electron chi connectivity index (χ3n) is 10.4. The van der Waals surface area contributed by atoms with Gasteiger partial charge in [0.2, 0.25) is 0 Å². The molecule has 0 N–H and O–H groups in total. The molecule has 2 aliphatic rings. The molecule has 47 heavy (non-hydrogen) atoms. The third-order valence-corrected chi connectivity index (χ3v) is 11.6. The molecule has 0 unspecified atom stereocenters. The molecule has 2 fully saturated rings. The number of hydrogen-bond donors (Lipinski definition) is 0. The van der Waals surface area contributed by atoms with E-state index < -0.39 is 0 Å². The van der Waals surface area contributed by atoms with Gasteiger partial charge in [-0.3, -0.25) is 0 Å². The second-order valence-electron chi connectivity index (χ2n) is 13.6. The number of rotatable bonds is 14. The van der Waals surface area contributed by atoms with Crippen LogP contribution in [0.15, 0.2) is 97.1 Å². The summed E-state index contributed by atoms with van der Waals surface area (Å²) in [7, 11) is 0. The zero-order valence-corrected chi connectivity index (χ0v) is 28.6. The highest BCUT2D eigenvalue weighted by atomic mass is 32.1. The summed E-state index contributed by atoms with van der Waals surface area (Å²) < 4.78 is 15.2. The highest BCUT2D eigenvalue weighted by Gasteiger charge is 2.21. The molecule has 4 aromatic carbocycles. The fraction of sp³-hybridized carbons (Fsp3) is 0.429. The average molecular weight is 647 g/mol. The number of hydrogen-bond acceptors (Lipinski definition) is 5. The minimum Gasteiger partial charge on any atom is -0.494 e. The van der Waals surface area contributed by atoms with Crippen LogP contribution in [0.1, 0.15) is 74.3 Å². The fourth-order valence-electron chi connectivity index (χ4n) is 7.63. The number of benzene rings is 4. The van der Waals surface area contributed by atoms with Crippen molar-refractivity contribution in [1.82, 2.24) is 9.80 Å². The van der Waals surface area contributed by atoms with E-state index in [2.05, 4.69) is 107 Å². The van der Waals surface area contributed by atoms with E-state index in [1.54, 1.807) is 0 Å². The van der Waals surface area contributed by atoms with Gasteiger partial charge in [-0.1, -0.05) is 72.8 Å². The van der Waals surface area contributed by atoms with Crippen molar-refractivity contribution in [2.24, 2.45) is 0 Å². The Hall–Kier alpha value is -3.38. The molecule has 2 aliphatic heterocycles. The maximum Gasteiger partial charge on any atom is 0.137 e. The molecule has 2 saturated heterocycles. The molecule has 7 rings (SSSR count). The van der Waals surface area contributed by atoms with Crippen molar-refractivity contribution in [2.75, 3.05) is 52.5 Å². The molecule has 5 aromatic rings. The number of thiophene rings is 1. The molecule has 1 aromatic heterocycles. The Labute approximate surface area is 285 Å². The van der Waals surface area contributed by atoms with E-state index in [4.69, 9.17) is 9.47 Å². The van der Waals surface area contributed by atoms with Gasteiger partial charge in [-0.15, -0.1) is 11.3 Å². The van der Waals surface area contributed by atoms with E-state index in [9.17, 15) is 0 Å². The number of ether oxygens (including phenoxy) is 2. The van der Waals surface area contributed by atoms with E-state index in [-0.39, 0.29) is 0 Å². The summed E-state index contributed by atoms with van der Waals surface area (Å²) in [5.41, 5.74) is 3.02. The van der Waals surface area contributed by atoms with E-state index in [1.807, 2.05) is 11.3 Å². The van der Waals surface area contributed by atoms with Gasteiger partial charge in [0.1, 0.15) is 11.5 Å². The first-order valence-corrected chi connectivity index (χ1v) is 18.9. The Bertz CT molecular complexity index is 1670. The molecular weight excluding hydrogens is 597 g/mol. The van der Waals surface area contributed by atoms with Gasteiger partial charge in [0, 0.05) is 15.5 Å². The van der Waals surface area contributed by atoms with E-state index >= 15 is 0 Å². The van der Waals surface area contributed by atoms with Crippen molar-refractivity contribution in [3.63, 3.8) is 0 Å². The van der Waals surface area contributed by atoms with Gasteiger partial charge in [-0.25, -0.2) is 0 Å². The lowest BCUT2D eigenvalue weighted by atomic mass is 9.89. The molecule has 0 spiro atoms. The van der Waals surface area contributed by atoms with Gasteiger partial charge in [0.25, 0.3) is 0 Å². The van der Waals surface area contributed by atoms with Gasteiger partial charge >= 0.3 is 0 Å². The van der Waals surface area contributed by atoms with Crippen LogP contribution in [-0.2, 0) is 0 Å². The van der Waals surface area contributed by atoms with Crippen LogP contribution < -0.4 is 9.47 Å². The number of likely N-dealkylation sites (tertiary alicyclic amines) is 2. The Morgan fingerprint density at radius 2 is 1.13 bits per heavy atom. The Morgan fingerprint density at radius 3 is 1.72 bits per heavy atom. The summed E-state index contributed by atoms with van der Waals surface area (Å²) in [6.07, 6.45) is 9.65. The van der Waals surface area contributed by atoms with Crippen LogP contribution in [0.3, 0.4) is 0 Å². The molecule has 4 nitrogen and oxygen atoms in total. The largest absolute Gasteiger partial charge is 0.494 e. The van der Waals surface area contributed by atoms with Crippen molar-refractivity contribution < 1.29 is 9.47 Å². The third kappa shape index (κ3) is 8.38. The van der Waals surface area contributed by atoms with Crippen molar-refractivity contribution in [2.45, 2.75) is 63.2 Å². The lowest BCUT2D eigenvalue weighted by Crippen LogP contribution is -2.33. The topological polar surface area (TPSA) is 24.9 Å². The second-order valence-corrected chi connectivity index (χ2v) is 14.6. The Balaban J connectivity index is 0.824.